The van der Waals surface area contributed by atoms with Gasteiger partial charge in [-0.15, -0.1) is 0 Å². The number of carbonyl (C=O) groups is 1. The van der Waals surface area contributed by atoms with Gasteiger partial charge in [0, 0.05) is 11.1 Å². The summed E-state index contributed by atoms with van der Waals surface area (Å²) in [6, 6.07) is 0. The second-order valence-corrected chi connectivity index (χ2v) is 5.34. The number of piperidine rings is 1. The molecule has 0 radical (unpaired) electrons. The van der Waals surface area contributed by atoms with Crippen LogP contribution in [0.1, 0.15) is 40.5 Å². The molecule has 0 spiro atoms. The summed E-state index contributed by atoms with van der Waals surface area (Å²) in [5.74, 6) is -0.867. The van der Waals surface area contributed by atoms with Crippen molar-refractivity contribution in [1.82, 2.24) is 5.32 Å². The van der Waals surface area contributed by atoms with E-state index in [0.29, 0.717) is 12.8 Å². The van der Waals surface area contributed by atoms with Gasteiger partial charge < -0.3 is 15.9 Å². The Labute approximate surface area is 85.0 Å². The van der Waals surface area contributed by atoms with Crippen LogP contribution in [0.25, 0.3) is 0 Å². The summed E-state index contributed by atoms with van der Waals surface area (Å²) >= 11 is 0. The van der Waals surface area contributed by atoms with E-state index >= 15 is 0 Å². The van der Waals surface area contributed by atoms with E-state index in [1.165, 1.54) is 0 Å². The Morgan fingerprint density at radius 2 is 1.57 bits per heavy atom. The van der Waals surface area contributed by atoms with Gasteiger partial charge in [0.25, 0.3) is 0 Å². The molecule has 4 N–H and O–H groups in total. The quantitative estimate of drug-likeness (QED) is 0.661. The van der Waals surface area contributed by atoms with Gasteiger partial charge in [0.2, 0.25) is 0 Å². The molecule has 0 unspecified atom stereocenters. The summed E-state index contributed by atoms with van der Waals surface area (Å²) in [5.41, 5.74) is -0.129. The van der Waals surface area contributed by atoms with Crippen LogP contribution in [0.5, 0.6) is 0 Å². The molecule has 1 heterocycles. The minimum atomic E-state index is -0.664. The molecule has 0 saturated carbocycles. The second-order valence-electron chi connectivity index (χ2n) is 5.34. The van der Waals surface area contributed by atoms with Crippen LogP contribution in [-0.2, 0) is 4.79 Å². The zero-order valence-electron chi connectivity index (χ0n) is 9.35. The molecule has 0 aromatic carbocycles. The van der Waals surface area contributed by atoms with E-state index < -0.39 is 5.97 Å². The predicted octanol–water partition coefficient (Wildman–Crippen LogP) is 0.803. The SMILES string of the molecule is CC1(C)CC(C(=O)O)CC(C)(C)N1.O. The van der Waals surface area contributed by atoms with Gasteiger partial charge in [-0.2, -0.15) is 0 Å². The summed E-state index contributed by atoms with van der Waals surface area (Å²) in [5, 5.41) is 12.4. The molecule has 0 aromatic rings. The molecule has 1 aliphatic heterocycles. The van der Waals surface area contributed by atoms with E-state index in [-0.39, 0.29) is 22.5 Å². The maximum absolute atomic E-state index is 10.9. The van der Waals surface area contributed by atoms with Crippen LogP contribution in [0, 0.1) is 5.92 Å². The second kappa shape index (κ2) is 3.87. The lowest BCUT2D eigenvalue weighted by atomic mass is 9.76. The highest BCUT2D eigenvalue weighted by Gasteiger charge is 2.40. The summed E-state index contributed by atoms with van der Waals surface area (Å²) in [6.45, 7) is 8.24. The number of carboxylic acids is 1. The Morgan fingerprint density at radius 3 is 1.86 bits per heavy atom. The van der Waals surface area contributed by atoms with Crippen molar-refractivity contribution in [2.45, 2.75) is 51.6 Å². The van der Waals surface area contributed by atoms with Crippen LogP contribution in [-0.4, -0.2) is 27.6 Å². The Bertz CT molecular complexity index is 207. The maximum Gasteiger partial charge on any atom is 0.306 e. The molecular formula is C10H21NO3. The van der Waals surface area contributed by atoms with E-state index in [1.807, 2.05) is 0 Å². The highest BCUT2D eigenvalue weighted by atomic mass is 16.4. The summed E-state index contributed by atoms with van der Waals surface area (Å²) in [4.78, 5) is 10.9. The number of carboxylic acid groups (broad SMARTS) is 1. The first-order chi connectivity index (χ1) is 5.72. The summed E-state index contributed by atoms with van der Waals surface area (Å²) in [6.07, 6.45) is 1.43. The molecule has 1 aliphatic rings. The van der Waals surface area contributed by atoms with Crippen molar-refractivity contribution in [3.8, 4) is 0 Å². The van der Waals surface area contributed by atoms with Crippen LogP contribution in [0.2, 0.25) is 0 Å². The Hall–Kier alpha value is -0.610. The molecule has 0 aromatic heterocycles. The molecule has 0 bridgehead atoms. The Balaban J connectivity index is 0.00000169. The van der Waals surface area contributed by atoms with Crippen LogP contribution in [0.15, 0.2) is 0 Å². The minimum Gasteiger partial charge on any atom is -0.481 e. The molecule has 84 valence electrons. The average Bonchev–Trinajstić information content (AvgIpc) is 1.79. The monoisotopic (exact) mass is 203 g/mol. The third kappa shape index (κ3) is 3.27. The van der Waals surface area contributed by atoms with Gasteiger partial charge in [-0.25, -0.2) is 0 Å². The number of nitrogens with one attached hydrogen (secondary N) is 1. The van der Waals surface area contributed by atoms with Gasteiger partial charge in [0.15, 0.2) is 0 Å². The third-order valence-corrected chi connectivity index (χ3v) is 2.54. The predicted molar refractivity (Wildman–Crippen MR) is 55.3 cm³/mol. The largest absolute Gasteiger partial charge is 0.481 e. The molecule has 4 nitrogen and oxygen atoms in total. The van der Waals surface area contributed by atoms with Crippen LogP contribution >= 0.6 is 0 Å². The maximum atomic E-state index is 10.9. The standard InChI is InChI=1S/C10H19NO2.H2O/c1-9(2)5-7(8(12)13)6-10(3,4)11-9;/h7,11H,5-6H2,1-4H3,(H,12,13);1H2. The van der Waals surface area contributed by atoms with E-state index in [9.17, 15) is 4.79 Å². The van der Waals surface area contributed by atoms with Crippen molar-refractivity contribution in [3.05, 3.63) is 0 Å². The molecule has 14 heavy (non-hydrogen) atoms. The Morgan fingerprint density at radius 1 is 1.21 bits per heavy atom. The van der Waals surface area contributed by atoms with E-state index in [1.54, 1.807) is 0 Å². The average molecular weight is 203 g/mol. The molecule has 4 heteroatoms. The number of hydrogen-bond acceptors (Lipinski definition) is 2. The lowest BCUT2D eigenvalue weighted by molar-refractivity contribution is -0.144. The fourth-order valence-corrected chi connectivity index (χ4v) is 2.50. The normalized spacial score (nSPS) is 25.1. The summed E-state index contributed by atoms with van der Waals surface area (Å²) in [7, 11) is 0. The van der Waals surface area contributed by atoms with Crippen molar-refractivity contribution in [3.63, 3.8) is 0 Å². The lowest BCUT2D eigenvalue weighted by Gasteiger charge is -2.45. The fourth-order valence-electron chi connectivity index (χ4n) is 2.50. The van der Waals surface area contributed by atoms with Crippen molar-refractivity contribution in [2.75, 3.05) is 0 Å². The zero-order chi connectivity index (χ0) is 10.3. The first kappa shape index (κ1) is 13.4. The molecule has 1 rings (SSSR count). The van der Waals surface area contributed by atoms with E-state index in [4.69, 9.17) is 5.11 Å². The molecule has 0 atom stereocenters. The number of aliphatic carboxylic acids is 1. The van der Waals surface area contributed by atoms with E-state index in [2.05, 4.69) is 33.0 Å². The first-order valence-corrected chi connectivity index (χ1v) is 4.74. The van der Waals surface area contributed by atoms with Crippen LogP contribution < -0.4 is 5.32 Å². The van der Waals surface area contributed by atoms with Gasteiger partial charge in [0.1, 0.15) is 0 Å². The van der Waals surface area contributed by atoms with Gasteiger partial charge in [0.05, 0.1) is 5.92 Å². The first-order valence-electron chi connectivity index (χ1n) is 4.74. The van der Waals surface area contributed by atoms with Crippen molar-refractivity contribution >= 4 is 5.97 Å². The molecule has 1 fully saturated rings. The highest BCUT2D eigenvalue weighted by Crippen LogP contribution is 2.32. The molecular weight excluding hydrogens is 182 g/mol. The fraction of sp³-hybridized carbons (Fsp3) is 0.900. The van der Waals surface area contributed by atoms with Crippen molar-refractivity contribution in [2.24, 2.45) is 5.92 Å². The van der Waals surface area contributed by atoms with Crippen LogP contribution in [0.4, 0.5) is 0 Å². The van der Waals surface area contributed by atoms with E-state index in [0.717, 1.165) is 0 Å². The van der Waals surface area contributed by atoms with Gasteiger partial charge in [-0.3, -0.25) is 4.79 Å². The number of hydrogen-bond donors (Lipinski definition) is 2. The van der Waals surface area contributed by atoms with Crippen LogP contribution in [0.3, 0.4) is 0 Å². The lowest BCUT2D eigenvalue weighted by Crippen LogP contribution is -2.58. The van der Waals surface area contributed by atoms with Gasteiger partial charge >= 0.3 is 5.97 Å². The molecule has 1 saturated heterocycles. The zero-order valence-corrected chi connectivity index (χ0v) is 9.35. The number of rotatable bonds is 1. The topological polar surface area (TPSA) is 80.8 Å². The molecule has 0 aliphatic carbocycles. The van der Waals surface area contributed by atoms with Crippen molar-refractivity contribution < 1.29 is 15.4 Å². The van der Waals surface area contributed by atoms with Crippen molar-refractivity contribution in [1.29, 1.82) is 0 Å². The smallest absolute Gasteiger partial charge is 0.306 e. The Kier molecular flexibility index (Phi) is 3.70. The molecule has 0 amide bonds. The van der Waals surface area contributed by atoms with Gasteiger partial charge in [-0.1, -0.05) is 0 Å². The minimum absolute atomic E-state index is 0. The highest BCUT2D eigenvalue weighted by molar-refractivity contribution is 5.70. The summed E-state index contributed by atoms with van der Waals surface area (Å²) < 4.78 is 0. The van der Waals surface area contributed by atoms with Gasteiger partial charge in [-0.05, 0) is 40.5 Å². The third-order valence-electron chi connectivity index (χ3n) is 2.54.